The zero-order chi connectivity index (χ0) is 24.0. The molecular formula is C24H32N4O5. The van der Waals surface area contributed by atoms with Crippen molar-refractivity contribution in [3.8, 4) is 11.5 Å². The van der Waals surface area contributed by atoms with Gasteiger partial charge < -0.3 is 35.4 Å². The van der Waals surface area contributed by atoms with E-state index in [-0.39, 0.29) is 30.6 Å². The molecular weight excluding hydrogens is 424 g/mol. The van der Waals surface area contributed by atoms with Crippen LogP contribution >= 0.6 is 0 Å². The summed E-state index contributed by atoms with van der Waals surface area (Å²) in [5, 5.41) is 18.4. The molecule has 0 unspecified atom stereocenters. The fraction of sp³-hybridized carbons (Fsp3) is 0.417. The van der Waals surface area contributed by atoms with E-state index in [1.807, 2.05) is 20.9 Å². The molecule has 4 N–H and O–H groups in total. The van der Waals surface area contributed by atoms with E-state index < -0.39 is 6.03 Å². The van der Waals surface area contributed by atoms with Gasteiger partial charge in [0.25, 0.3) is 5.91 Å². The van der Waals surface area contributed by atoms with Gasteiger partial charge in [0.15, 0.2) is 5.75 Å². The van der Waals surface area contributed by atoms with Crippen molar-refractivity contribution < 1.29 is 24.2 Å². The molecule has 3 atom stereocenters. The summed E-state index contributed by atoms with van der Waals surface area (Å²) in [4.78, 5) is 27.7. The number of methoxy groups -OCH3 is 1. The fourth-order valence-electron chi connectivity index (χ4n) is 3.75. The van der Waals surface area contributed by atoms with Crippen molar-refractivity contribution in [1.82, 2.24) is 10.2 Å². The smallest absolute Gasteiger partial charge is 0.323 e. The Bertz CT molecular complexity index is 966. The molecule has 0 saturated heterocycles. The summed E-state index contributed by atoms with van der Waals surface area (Å²) in [6, 6.07) is 11.2. The van der Waals surface area contributed by atoms with Crippen LogP contribution in [0.1, 0.15) is 24.2 Å². The molecule has 2 aromatic rings. The first kappa shape index (κ1) is 24.3. The van der Waals surface area contributed by atoms with Crippen LogP contribution in [0.4, 0.5) is 16.2 Å². The molecule has 3 amide bonds. The van der Waals surface area contributed by atoms with Gasteiger partial charge >= 0.3 is 6.03 Å². The molecule has 9 heteroatoms. The SMILES string of the molecule is CNC[C@H]1Oc2c(NC(=O)Nc3ccc(OC)cc3)cccc2C(=O)N([C@H](C)CO)C[C@H]1C. The highest BCUT2D eigenvalue weighted by Gasteiger charge is 2.33. The van der Waals surface area contributed by atoms with Crippen molar-refractivity contribution in [2.45, 2.75) is 26.0 Å². The number of likely N-dealkylation sites (N-methyl/N-ethyl adjacent to an activating group) is 1. The summed E-state index contributed by atoms with van der Waals surface area (Å²) in [6.07, 6.45) is -0.247. The molecule has 9 nitrogen and oxygen atoms in total. The number of benzene rings is 2. The quantitative estimate of drug-likeness (QED) is 0.510. The number of hydrogen-bond acceptors (Lipinski definition) is 6. The molecule has 0 bridgehead atoms. The molecule has 1 heterocycles. The van der Waals surface area contributed by atoms with Crippen molar-refractivity contribution in [2.24, 2.45) is 5.92 Å². The third-order valence-electron chi connectivity index (χ3n) is 5.69. The van der Waals surface area contributed by atoms with Crippen LogP contribution in [0.15, 0.2) is 42.5 Å². The molecule has 2 aromatic carbocycles. The first-order valence-electron chi connectivity index (χ1n) is 11.0. The summed E-state index contributed by atoms with van der Waals surface area (Å²) >= 11 is 0. The molecule has 0 aliphatic carbocycles. The zero-order valence-corrected chi connectivity index (χ0v) is 19.4. The van der Waals surface area contributed by atoms with Gasteiger partial charge in [-0.15, -0.1) is 0 Å². The minimum absolute atomic E-state index is 0.00951. The number of carbonyl (C=O) groups excluding carboxylic acids is 2. The number of anilines is 2. The van der Waals surface area contributed by atoms with Crippen molar-refractivity contribution in [1.29, 1.82) is 0 Å². The van der Waals surface area contributed by atoms with Crippen molar-refractivity contribution in [2.75, 3.05) is 44.5 Å². The average Bonchev–Trinajstić information content (AvgIpc) is 2.81. The molecule has 3 rings (SSSR count). The largest absolute Gasteiger partial charge is 0.497 e. The Labute approximate surface area is 194 Å². The number of rotatable bonds is 7. The third-order valence-corrected chi connectivity index (χ3v) is 5.69. The summed E-state index contributed by atoms with van der Waals surface area (Å²) in [7, 11) is 3.41. The topological polar surface area (TPSA) is 112 Å². The normalized spacial score (nSPS) is 18.9. The average molecular weight is 457 g/mol. The standard InChI is InChI=1S/C24H32N4O5/c1-15-13-28(16(2)14-29)23(30)19-6-5-7-20(22(19)33-21(15)12-25-3)27-24(31)26-17-8-10-18(32-4)11-9-17/h5-11,15-16,21,25,29H,12-14H2,1-4H3,(H2,26,27,31)/t15-,16-,21-/m1/s1. The second kappa shape index (κ2) is 11.0. The van der Waals surface area contributed by atoms with Gasteiger partial charge in [0.1, 0.15) is 11.9 Å². The van der Waals surface area contributed by atoms with Crippen molar-refractivity contribution in [3.63, 3.8) is 0 Å². The maximum atomic E-state index is 13.4. The van der Waals surface area contributed by atoms with Crippen LogP contribution in [0.2, 0.25) is 0 Å². The van der Waals surface area contributed by atoms with Gasteiger partial charge in [-0.25, -0.2) is 4.79 Å². The van der Waals surface area contributed by atoms with Gasteiger partial charge in [-0.05, 0) is 50.4 Å². The van der Waals surface area contributed by atoms with E-state index in [0.717, 1.165) is 0 Å². The van der Waals surface area contributed by atoms with Crippen LogP contribution < -0.4 is 25.4 Å². The Kier molecular flexibility index (Phi) is 8.13. The number of carbonyl (C=O) groups is 2. The monoisotopic (exact) mass is 456 g/mol. The lowest BCUT2D eigenvalue weighted by atomic mass is 9.99. The van der Waals surface area contributed by atoms with E-state index in [1.54, 1.807) is 54.5 Å². The van der Waals surface area contributed by atoms with Crippen molar-refractivity contribution >= 4 is 23.3 Å². The number of aliphatic hydroxyl groups excluding tert-OH is 1. The predicted molar refractivity (Wildman–Crippen MR) is 127 cm³/mol. The number of nitrogens with zero attached hydrogens (tertiary/aromatic N) is 1. The molecule has 178 valence electrons. The molecule has 0 saturated carbocycles. The zero-order valence-electron chi connectivity index (χ0n) is 19.4. The van der Waals surface area contributed by atoms with E-state index in [4.69, 9.17) is 9.47 Å². The van der Waals surface area contributed by atoms with E-state index in [9.17, 15) is 14.7 Å². The van der Waals surface area contributed by atoms with Crippen LogP contribution in [-0.4, -0.2) is 67.9 Å². The molecule has 33 heavy (non-hydrogen) atoms. The Morgan fingerprint density at radius 3 is 2.61 bits per heavy atom. The molecule has 0 aromatic heterocycles. The summed E-state index contributed by atoms with van der Waals surface area (Å²) in [6.45, 7) is 4.67. The lowest BCUT2D eigenvalue weighted by molar-refractivity contribution is 0.0417. The second-order valence-corrected chi connectivity index (χ2v) is 8.17. The minimum atomic E-state index is -0.467. The van der Waals surface area contributed by atoms with Crippen LogP contribution in [-0.2, 0) is 0 Å². The maximum absolute atomic E-state index is 13.4. The number of ether oxygens (including phenoxy) is 2. The molecule has 0 radical (unpaired) electrons. The maximum Gasteiger partial charge on any atom is 0.323 e. The predicted octanol–water partition coefficient (Wildman–Crippen LogP) is 2.78. The minimum Gasteiger partial charge on any atom is -0.497 e. The van der Waals surface area contributed by atoms with E-state index >= 15 is 0 Å². The van der Waals surface area contributed by atoms with Crippen LogP contribution in [0.5, 0.6) is 11.5 Å². The molecule has 1 aliphatic heterocycles. The van der Waals surface area contributed by atoms with Gasteiger partial charge in [0, 0.05) is 24.7 Å². The molecule has 0 fully saturated rings. The van der Waals surface area contributed by atoms with Gasteiger partial charge in [-0.1, -0.05) is 13.0 Å². The number of nitrogens with one attached hydrogen (secondary N) is 3. The van der Waals surface area contributed by atoms with Gasteiger partial charge in [-0.3, -0.25) is 4.79 Å². The number of amides is 3. The second-order valence-electron chi connectivity index (χ2n) is 8.17. The van der Waals surface area contributed by atoms with Gasteiger partial charge in [0.2, 0.25) is 0 Å². The molecule has 0 spiro atoms. The van der Waals surface area contributed by atoms with E-state index in [2.05, 4.69) is 16.0 Å². The third kappa shape index (κ3) is 5.74. The number of fused-ring (bicyclic) bond motifs is 1. The number of para-hydroxylation sites is 1. The Morgan fingerprint density at radius 1 is 1.24 bits per heavy atom. The summed E-state index contributed by atoms with van der Waals surface area (Å²) in [5.41, 5.74) is 1.32. The van der Waals surface area contributed by atoms with Crippen molar-refractivity contribution in [3.05, 3.63) is 48.0 Å². The first-order valence-corrected chi connectivity index (χ1v) is 11.0. The highest BCUT2D eigenvalue weighted by atomic mass is 16.5. The highest BCUT2D eigenvalue weighted by molar-refractivity contribution is 6.04. The van der Waals surface area contributed by atoms with E-state index in [0.29, 0.717) is 41.5 Å². The Hall–Kier alpha value is -3.30. The Balaban J connectivity index is 1.91. The lowest BCUT2D eigenvalue weighted by Crippen LogP contribution is -2.49. The summed E-state index contributed by atoms with van der Waals surface area (Å²) in [5.74, 6) is 0.739. The number of aliphatic hydroxyl groups is 1. The fourth-order valence-corrected chi connectivity index (χ4v) is 3.75. The Morgan fingerprint density at radius 2 is 1.97 bits per heavy atom. The van der Waals surface area contributed by atoms with E-state index in [1.165, 1.54) is 0 Å². The van der Waals surface area contributed by atoms with Crippen LogP contribution in [0.25, 0.3) is 0 Å². The van der Waals surface area contributed by atoms with Crippen LogP contribution in [0, 0.1) is 5.92 Å². The summed E-state index contributed by atoms with van der Waals surface area (Å²) < 4.78 is 11.4. The number of urea groups is 1. The lowest BCUT2D eigenvalue weighted by Gasteiger charge is -2.37. The first-order chi connectivity index (χ1) is 15.9. The van der Waals surface area contributed by atoms with Crippen LogP contribution in [0.3, 0.4) is 0 Å². The van der Waals surface area contributed by atoms with Gasteiger partial charge in [0.05, 0.1) is 31.0 Å². The molecule has 1 aliphatic rings. The number of hydrogen-bond donors (Lipinski definition) is 4. The highest BCUT2D eigenvalue weighted by Crippen LogP contribution is 2.34. The van der Waals surface area contributed by atoms with Gasteiger partial charge in [-0.2, -0.15) is 0 Å².